The van der Waals surface area contributed by atoms with Gasteiger partial charge in [-0.1, -0.05) is 28.9 Å². The summed E-state index contributed by atoms with van der Waals surface area (Å²) in [6.07, 6.45) is 0. The normalized spacial score (nSPS) is 17.1. The van der Waals surface area contributed by atoms with Crippen molar-refractivity contribution in [3.05, 3.63) is 34.3 Å². The highest BCUT2D eigenvalue weighted by molar-refractivity contribution is 7.99. The summed E-state index contributed by atoms with van der Waals surface area (Å²) >= 11 is 8.24. The standard InChI is InChI=1S/C14H21ClN4OS/c15-13-9-11(14(16)18-20)1-2-12(13)10-17-3-4-19-5-7-21-8-6-19/h1-2,9,17,20H,3-8,10H2,(H2,16,18). The fraction of sp³-hybridized carbons (Fsp3) is 0.500. The van der Waals surface area contributed by atoms with Gasteiger partial charge >= 0.3 is 0 Å². The van der Waals surface area contributed by atoms with Crippen LogP contribution in [0.25, 0.3) is 0 Å². The van der Waals surface area contributed by atoms with Gasteiger partial charge in [0.15, 0.2) is 5.84 Å². The number of thioether (sulfide) groups is 1. The summed E-state index contributed by atoms with van der Waals surface area (Å²) in [6.45, 7) is 5.10. The molecule has 2 rings (SSSR count). The summed E-state index contributed by atoms with van der Waals surface area (Å²) in [5, 5.41) is 15.7. The van der Waals surface area contributed by atoms with Crippen LogP contribution in [0.2, 0.25) is 5.02 Å². The molecule has 5 nitrogen and oxygen atoms in total. The quantitative estimate of drug-likeness (QED) is 0.243. The number of amidine groups is 1. The summed E-state index contributed by atoms with van der Waals surface area (Å²) < 4.78 is 0. The number of nitrogens with zero attached hydrogens (tertiary/aromatic N) is 2. The molecule has 0 atom stereocenters. The minimum Gasteiger partial charge on any atom is -0.409 e. The van der Waals surface area contributed by atoms with E-state index in [0.717, 1.165) is 25.2 Å². The summed E-state index contributed by atoms with van der Waals surface area (Å²) in [5.41, 5.74) is 7.17. The zero-order valence-corrected chi connectivity index (χ0v) is 13.5. The Balaban J connectivity index is 1.77. The van der Waals surface area contributed by atoms with E-state index in [9.17, 15) is 0 Å². The molecule has 4 N–H and O–H groups in total. The molecule has 1 aliphatic heterocycles. The lowest BCUT2D eigenvalue weighted by atomic mass is 10.1. The van der Waals surface area contributed by atoms with Gasteiger partial charge < -0.3 is 21.2 Å². The Kier molecular flexibility index (Phi) is 6.63. The molecule has 0 amide bonds. The van der Waals surface area contributed by atoms with Crippen molar-refractivity contribution in [3.8, 4) is 0 Å². The SMILES string of the molecule is N/C(=N/O)c1ccc(CNCCN2CCSCC2)c(Cl)c1. The predicted octanol–water partition coefficient (Wildman–Crippen LogP) is 1.57. The van der Waals surface area contributed by atoms with E-state index in [1.54, 1.807) is 12.1 Å². The second kappa shape index (κ2) is 8.48. The van der Waals surface area contributed by atoms with Crippen LogP contribution in [0.1, 0.15) is 11.1 Å². The van der Waals surface area contributed by atoms with Crippen molar-refractivity contribution >= 4 is 29.2 Å². The number of rotatable bonds is 6. The van der Waals surface area contributed by atoms with Crippen LogP contribution < -0.4 is 11.1 Å². The van der Waals surface area contributed by atoms with Crippen LogP contribution >= 0.6 is 23.4 Å². The van der Waals surface area contributed by atoms with Gasteiger partial charge in [0.1, 0.15) is 0 Å². The van der Waals surface area contributed by atoms with Gasteiger partial charge in [0.25, 0.3) is 0 Å². The van der Waals surface area contributed by atoms with Crippen LogP contribution in [-0.2, 0) is 6.54 Å². The third-order valence-electron chi connectivity index (χ3n) is 3.48. The molecule has 1 aliphatic rings. The average Bonchev–Trinajstić information content (AvgIpc) is 2.53. The Morgan fingerprint density at radius 3 is 2.86 bits per heavy atom. The molecule has 1 aromatic carbocycles. The van der Waals surface area contributed by atoms with Crippen molar-refractivity contribution in [2.24, 2.45) is 10.9 Å². The van der Waals surface area contributed by atoms with Gasteiger partial charge in [-0.3, -0.25) is 0 Å². The molecule has 7 heteroatoms. The van der Waals surface area contributed by atoms with Gasteiger partial charge in [-0.15, -0.1) is 0 Å². The summed E-state index contributed by atoms with van der Waals surface area (Å²) in [5.74, 6) is 2.54. The predicted molar refractivity (Wildman–Crippen MR) is 89.4 cm³/mol. The Morgan fingerprint density at radius 2 is 2.19 bits per heavy atom. The Morgan fingerprint density at radius 1 is 1.43 bits per heavy atom. The lowest BCUT2D eigenvalue weighted by Gasteiger charge is -2.26. The zero-order chi connectivity index (χ0) is 15.1. The Labute approximate surface area is 134 Å². The van der Waals surface area contributed by atoms with E-state index in [2.05, 4.69) is 15.4 Å². The first-order chi connectivity index (χ1) is 10.2. The maximum atomic E-state index is 8.65. The molecule has 0 spiro atoms. The first kappa shape index (κ1) is 16.4. The fourth-order valence-corrected chi connectivity index (χ4v) is 3.42. The zero-order valence-electron chi connectivity index (χ0n) is 11.9. The van der Waals surface area contributed by atoms with Crippen LogP contribution in [0.5, 0.6) is 0 Å². The Bertz CT molecular complexity index is 492. The molecule has 116 valence electrons. The fourth-order valence-electron chi connectivity index (χ4n) is 2.19. The summed E-state index contributed by atoms with van der Waals surface area (Å²) in [6, 6.07) is 5.43. The molecule has 1 aromatic rings. The first-order valence-electron chi connectivity index (χ1n) is 6.98. The molecule has 1 fully saturated rings. The number of hydrogen-bond acceptors (Lipinski definition) is 5. The van der Waals surface area contributed by atoms with Crippen molar-refractivity contribution < 1.29 is 5.21 Å². The summed E-state index contributed by atoms with van der Waals surface area (Å²) in [4.78, 5) is 2.48. The molecule has 0 aromatic heterocycles. The van der Waals surface area contributed by atoms with E-state index in [0.29, 0.717) is 10.6 Å². The van der Waals surface area contributed by atoms with Crippen LogP contribution in [-0.4, -0.2) is 53.6 Å². The second-order valence-electron chi connectivity index (χ2n) is 4.92. The molecule has 0 unspecified atom stereocenters. The number of nitrogens with two attached hydrogens (primary N) is 1. The van der Waals surface area contributed by atoms with Gasteiger partial charge in [0.2, 0.25) is 0 Å². The van der Waals surface area contributed by atoms with E-state index in [1.165, 1.54) is 24.6 Å². The molecule has 0 radical (unpaired) electrons. The molecule has 1 saturated heterocycles. The van der Waals surface area contributed by atoms with Gasteiger partial charge in [-0.2, -0.15) is 11.8 Å². The lowest BCUT2D eigenvalue weighted by molar-refractivity contribution is 0.301. The second-order valence-corrected chi connectivity index (χ2v) is 6.55. The molecule has 0 saturated carbocycles. The smallest absolute Gasteiger partial charge is 0.170 e. The van der Waals surface area contributed by atoms with Gasteiger partial charge in [0, 0.05) is 54.8 Å². The van der Waals surface area contributed by atoms with Crippen molar-refractivity contribution in [1.82, 2.24) is 10.2 Å². The molecular formula is C14H21ClN4OS. The minimum atomic E-state index is 0.0689. The van der Waals surface area contributed by atoms with Crippen LogP contribution in [0.3, 0.4) is 0 Å². The van der Waals surface area contributed by atoms with Gasteiger partial charge in [-0.25, -0.2) is 0 Å². The van der Waals surface area contributed by atoms with Gasteiger partial charge in [-0.05, 0) is 11.6 Å². The first-order valence-corrected chi connectivity index (χ1v) is 8.51. The van der Waals surface area contributed by atoms with Crippen LogP contribution in [0, 0.1) is 0 Å². The van der Waals surface area contributed by atoms with Gasteiger partial charge in [0.05, 0.1) is 0 Å². The van der Waals surface area contributed by atoms with E-state index in [4.69, 9.17) is 22.5 Å². The third-order valence-corrected chi connectivity index (χ3v) is 4.77. The number of hydrogen-bond donors (Lipinski definition) is 3. The van der Waals surface area contributed by atoms with Crippen molar-refractivity contribution in [3.63, 3.8) is 0 Å². The molecule has 0 aliphatic carbocycles. The molecule has 0 bridgehead atoms. The highest BCUT2D eigenvalue weighted by Crippen LogP contribution is 2.17. The Hall–Kier alpha value is -0.950. The van der Waals surface area contributed by atoms with Crippen molar-refractivity contribution in [2.75, 3.05) is 37.7 Å². The average molecular weight is 329 g/mol. The molecule has 21 heavy (non-hydrogen) atoms. The van der Waals surface area contributed by atoms with Crippen LogP contribution in [0.4, 0.5) is 0 Å². The summed E-state index contributed by atoms with van der Waals surface area (Å²) in [7, 11) is 0. The number of oxime groups is 1. The highest BCUT2D eigenvalue weighted by Gasteiger charge is 2.09. The highest BCUT2D eigenvalue weighted by atomic mass is 35.5. The maximum absolute atomic E-state index is 8.65. The topological polar surface area (TPSA) is 73.9 Å². The van der Waals surface area contributed by atoms with Crippen LogP contribution in [0.15, 0.2) is 23.4 Å². The lowest BCUT2D eigenvalue weighted by Crippen LogP contribution is -2.37. The van der Waals surface area contributed by atoms with E-state index < -0.39 is 0 Å². The van der Waals surface area contributed by atoms with E-state index >= 15 is 0 Å². The van der Waals surface area contributed by atoms with E-state index in [1.807, 2.05) is 17.8 Å². The monoisotopic (exact) mass is 328 g/mol. The minimum absolute atomic E-state index is 0.0689. The van der Waals surface area contributed by atoms with Crippen molar-refractivity contribution in [2.45, 2.75) is 6.54 Å². The number of nitrogens with one attached hydrogen (secondary N) is 1. The number of benzene rings is 1. The van der Waals surface area contributed by atoms with Crippen molar-refractivity contribution in [1.29, 1.82) is 0 Å². The van der Waals surface area contributed by atoms with E-state index in [-0.39, 0.29) is 5.84 Å². The largest absolute Gasteiger partial charge is 0.409 e. The maximum Gasteiger partial charge on any atom is 0.170 e. The molecular weight excluding hydrogens is 308 g/mol. The number of halogens is 1. The molecule has 1 heterocycles. The third kappa shape index (κ3) is 5.07.